The van der Waals surface area contributed by atoms with Gasteiger partial charge in [0.05, 0.1) is 0 Å². The number of methoxy groups -OCH3 is 1. The van der Waals surface area contributed by atoms with Crippen molar-refractivity contribution in [2.24, 2.45) is 76.9 Å². The van der Waals surface area contributed by atoms with Crippen molar-refractivity contribution < 1.29 is 28.2 Å². The molecule has 0 heterocycles. The second kappa shape index (κ2) is 18.3. The van der Waals surface area contributed by atoms with Crippen molar-refractivity contribution in [1.82, 2.24) is 0 Å². The lowest BCUT2D eigenvalue weighted by Crippen LogP contribution is -2.30. The number of aliphatic hydroxyl groups excluding tert-OH is 1. The van der Waals surface area contributed by atoms with Crippen molar-refractivity contribution in [3.8, 4) is 0 Å². The molecule has 0 aromatic heterocycles. The first-order valence-electron chi connectivity index (χ1n) is 22.6. The lowest BCUT2D eigenvalue weighted by Gasteiger charge is -2.40. The highest BCUT2D eigenvalue weighted by molar-refractivity contribution is 6.37. The minimum atomic E-state index is -2.58. The Morgan fingerprint density at radius 2 is 1.73 bits per heavy atom. The molecule has 0 aromatic rings. The molecule has 13 atom stereocenters. The Bertz CT molecular complexity index is 1450. The third kappa shape index (κ3) is 10.8. The molecule has 55 heavy (non-hydrogen) atoms. The van der Waals surface area contributed by atoms with E-state index < -0.39 is 12.2 Å². The second-order valence-corrected chi connectivity index (χ2v) is 19.8. The van der Waals surface area contributed by atoms with E-state index in [1.807, 2.05) is 6.92 Å². The van der Waals surface area contributed by atoms with Gasteiger partial charge in [-0.1, -0.05) is 81.2 Å². The molecule has 0 radical (unpaired) electrons. The molecule has 0 spiro atoms. The fraction of sp³-hybridized carbons (Fsp3) is 0.796. The van der Waals surface area contributed by atoms with Crippen molar-refractivity contribution in [3.63, 3.8) is 0 Å². The summed E-state index contributed by atoms with van der Waals surface area (Å²) in [4.78, 5) is 25.9. The average molecular weight is 765 g/mol. The lowest BCUT2D eigenvalue weighted by atomic mass is 9.64. The molecule has 6 heteroatoms. The zero-order chi connectivity index (χ0) is 39.6. The molecule has 4 fully saturated rings. The Hall–Kier alpha value is -1.92. The van der Waals surface area contributed by atoms with Crippen LogP contribution in [0.5, 0.6) is 0 Å². The number of hydrogen-bond donors (Lipinski definition) is 1. The maximum atomic E-state index is 14.1. The van der Waals surface area contributed by atoms with E-state index in [-0.39, 0.29) is 35.7 Å². The molecular weight excluding hydrogens is 691 g/mol. The Morgan fingerprint density at radius 1 is 1.00 bits per heavy atom. The summed E-state index contributed by atoms with van der Waals surface area (Å²) in [6.45, 7) is 16.6. The summed E-state index contributed by atoms with van der Waals surface area (Å²) in [7, 11) is 1.51. The zero-order valence-corrected chi connectivity index (χ0v) is 35.0. The molecular formula is C49H74F2O4. The summed E-state index contributed by atoms with van der Waals surface area (Å²) in [5, 5.41) is 10.9. The van der Waals surface area contributed by atoms with Gasteiger partial charge in [-0.2, -0.15) is 0 Å². The fourth-order valence-electron chi connectivity index (χ4n) is 12.1. The van der Waals surface area contributed by atoms with Gasteiger partial charge in [0.25, 0.3) is 0 Å². The molecule has 0 aliphatic heterocycles. The van der Waals surface area contributed by atoms with Crippen molar-refractivity contribution in [1.29, 1.82) is 0 Å². The highest BCUT2D eigenvalue weighted by Crippen LogP contribution is 2.59. The third-order valence-corrected chi connectivity index (χ3v) is 15.8. The van der Waals surface area contributed by atoms with Crippen LogP contribution in [0.4, 0.5) is 8.78 Å². The fourth-order valence-corrected chi connectivity index (χ4v) is 12.1. The first-order valence-corrected chi connectivity index (χ1v) is 22.6. The highest BCUT2D eigenvalue weighted by Gasteiger charge is 2.50. The number of carbonyl (C=O) groups is 2. The quantitative estimate of drug-likeness (QED) is 0.0718. The van der Waals surface area contributed by atoms with E-state index in [0.717, 1.165) is 75.7 Å². The number of allylic oxidation sites excluding steroid dienone is 5. The molecule has 0 amide bonds. The molecule has 0 saturated heterocycles. The summed E-state index contributed by atoms with van der Waals surface area (Å²) in [6, 6.07) is 0. The monoisotopic (exact) mass is 765 g/mol. The number of carbonyl (C=O) groups excluding carboxylic acids is 2. The minimum absolute atomic E-state index is 0.0373. The number of ketones is 2. The molecule has 1 N–H and O–H groups in total. The summed E-state index contributed by atoms with van der Waals surface area (Å²) in [5.41, 5.74) is 5.83. The van der Waals surface area contributed by atoms with E-state index in [0.29, 0.717) is 66.6 Å². The number of ether oxygens (including phenoxy) is 1. The second-order valence-electron chi connectivity index (χ2n) is 19.8. The van der Waals surface area contributed by atoms with Crippen LogP contribution in [0.3, 0.4) is 0 Å². The molecule has 4 saturated carbocycles. The lowest BCUT2D eigenvalue weighted by molar-refractivity contribution is -0.139. The molecule has 0 aromatic carbocycles. The predicted octanol–water partition coefficient (Wildman–Crippen LogP) is 12.3. The van der Waals surface area contributed by atoms with E-state index >= 15 is 0 Å². The Balaban J connectivity index is 1.05. The van der Waals surface area contributed by atoms with Crippen molar-refractivity contribution in [2.75, 3.05) is 7.11 Å². The van der Waals surface area contributed by atoms with Gasteiger partial charge in [-0.05, 0) is 162 Å². The molecule has 308 valence electrons. The Morgan fingerprint density at radius 3 is 2.36 bits per heavy atom. The van der Waals surface area contributed by atoms with Gasteiger partial charge >= 0.3 is 0 Å². The average Bonchev–Trinajstić information content (AvgIpc) is 4.06. The maximum Gasteiger partial charge on any atom is 0.245 e. The summed E-state index contributed by atoms with van der Waals surface area (Å²) < 4.78 is 33.5. The maximum absolute atomic E-state index is 14.1. The van der Waals surface area contributed by atoms with Gasteiger partial charge in [0, 0.05) is 37.7 Å². The standard InChI is InChI=1S/C49H74F2O4/c1-8-32-21-37-17-19-42(45(37)23-32)43-25-39(44-26-40(44)28-49(6,50)51)24-38(31(43)5)22-34-13-11-33(12-14-34)20-30(4)41(48(54)55-7)18-10-29(3)47(53)46(52)27-35(9-2)36-15-16-36/h11,13,29,32-41,43-44,48,54H,4-5,8-10,12,14-28H2,1-3,6-7H3. The van der Waals surface area contributed by atoms with Gasteiger partial charge in [0.15, 0.2) is 12.1 Å². The van der Waals surface area contributed by atoms with Crippen LogP contribution >= 0.6 is 0 Å². The number of hydrogen-bond acceptors (Lipinski definition) is 4. The molecule has 6 aliphatic rings. The summed E-state index contributed by atoms with van der Waals surface area (Å²) in [5.74, 6) is 1.54. The number of alkyl halides is 2. The summed E-state index contributed by atoms with van der Waals surface area (Å²) >= 11 is 0. The molecule has 4 nitrogen and oxygen atoms in total. The zero-order valence-electron chi connectivity index (χ0n) is 35.0. The van der Waals surface area contributed by atoms with Crippen LogP contribution < -0.4 is 0 Å². The van der Waals surface area contributed by atoms with Gasteiger partial charge in [-0.25, -0.2) is 8.78 Å². The molecule has 0 bridgehead atoms. The molecule has 6 aliphatic carbocycles. The third-order valence-electron chi connectivity index (χ3n) is 15.8. The van der Waals surface area contributed by atoms with Gasteiger partial charge in [-0.3, -0.25) is 9.59 Å². The molecule has 13 unspecified atom stereocenters. The Labute approximate surface area is 332 Å². The Kier molecular flexibility index (Phi) is 14.2. The minimum Gasteiger partial charge on any atom is -0.367 e. The normalized spacial score (nSPS) is 34.3. The van der Waals surface area contributed by atoms with Crippen LogP contribution in [0.1, 0.15) is 150 Å². The van der Waals surface area contributed by atoms with E-state index in [1.165, 1.54) is 57.6 Å². The van der Waals surface area contributed by atoms with Crippen LogP contribution in [0.25, 0.3) is 0 Å². The number of rotatable bonds is 21. The highest BCUT2D eigenvalue weighted by atomic mass is 19.3. The van der Waals surface area contributed by atoms with Gasteiger partial charge in [-0.15, -0.1) is 0 Å². The van der Waals surface area contributed by atoms with Crippen LogP contribution in [0.15, 0.2) is 47.6 Å². The SMILES string of the molecule is C=C1C(CC2C=CC(CC(=C)C(CCC(C)C(=O)C(=O)CC(CC)C3CC3)C(O)OC)CC2)CC(C2CC2CC(C)(F)F)CC1C1=C2CC(CC)CC2CC1. The van der Waals surface area contributed by atoms with E-state index in [2.05, 4.69) is 32.6 Å². The molecule has 6 rings (SSSR count). The van der Waals surface area contributed by atoms with Crippen LogP contribution in [-0.4, -0.2) is 36.0 Å². The number of halogens is 2. The van der Waals surface area contributed by atoms with Crippen molar-refractivity contribution >= 4 is 11.6 Å². The predicted molar refractivity (Wildman–Crippen MR) is 218 cm³/mol. The van der Waals surface area contributed by atoms with Gasteiger partial charge < -0.3 is 9.84 Å². The smallest absolute Gasteiger partial charge is 0.245 e. The van der Waals surface area contributed by atoms with Crippen LogP contribution in [0, 0.1) is 76.9 Å². The van der Waals surface area contributed by atoms with E-state index in [9.17, 15) is 23.5 Å². The van der Waals surface area contributed by atoms with Crippen LogP contribution in [-0.2, 0) is 14.3 Å². The van der Waals surface area contributed by atoms with E-state index in [4.69, 9.17) is 11.3 Å². The topological polar surface area (TPSA) is 63.6 Å². The largest absolute Gasteiger partial charge is 0.367 e. The van der Waals surface area contributed by atoms with Gasteiger partial charge in [0.1, 0.15) is 0 Å². The number of aliphatic hydroxyl groups is 1. The number of Topliss-reactive ketones (excluding diaryl/α,β-unsaturated/α-hetero) is 2. The summed E-state index contributed by atoms with van der Waals surface area (Å²) in [6.07, 6.45) is 22.1. The number of fused-ring (bicyclic) bond motifs is 1. The van der Waals surface area contributed by atoms with E-state index in [1.54, 1.807) is 11.1 Å². The van der Waals surface area contributed by atoms with Crippen molar-refractivity contribution in [2.45, 2.75) is 162 Å². The first-order chi connectivity index (χ1) is 26.2. The van der Waals surface area contributed by atoms with Crippen LogP contribution in [0.2, 0.25) is 0 Å². The van der Waals surface area contributed by atoms with Gasteiger partial charge in [0.2, 0.25) is 11.7 Å². The first kappa shape index (κ1) is 42.7. The van der Waals surface area contributed by atoms with Crippen molar-refractivity contribution in [3.05, 3.63) is 47.6 Å².